The van der Waals surface area contributed by atoms with Crippen LogP contribution in [0, 0.1) is 6.92 Å². The van der Waals surface area contributed by atoms with Gasteiger partial charge in [-0.2, -0.15) is 0 Å². The third-order valence-corrected chi connectivity index (χ3v) is 6.08. The number of ether oxygens (including phenoxy) is 2. The largest absolute Gasteiger partial charge is 0.492 e. The lowest BCUT2D eigenvalue weighted by Crippen LogP contribution is -2.17. The first kappa shape index (κ1) is 20.3. The van der Waals surface area contributed by atoms with E-state index in [2.05, 4.69) is 27.8 Å². The van der Waals surface area contributed by atoms with Gasteiger partial charge in [-0.1, -0.05) is 41.6 Å². The molecule has 0 radical (unpaired) electrons. The van der Waals surface area contributed by atoms with Gasteiger partial charge >= 0.3 is 0 Å². The Morgan fingerprint density at radius 1 is 1.17 bits per heavy atom. The molecule has 2 aromatic carbocycles. The second-order valence-corrected chi connectivity index (χ2v) is 8.52. The molecule has 0 spiro atoms. The first-order valence-electron chi connectivity index (χ1n) is 9.82. The van der Waals surface area contributed by atoms with Gasteiger partial charge in [0, 0.05) is 22.9 Å². The molecule has 3 aromatic rings. The SMILES string of the molecule is Cc1ccccc1OCCSc1nnc(-c2ccc(Cl)cc2)n1C[C@@H]1CCCO1. The van der Waals surface area contributed by atoms with Crippen LogP contribution < -0.4 is 4.74 Å². The number of aryl methyl sites for hydroxylation is 1. The summed E-state index contributed by atoms with van der Waals surface area (Å²) in [6, 6.07) is 15.8. The Bertz CT molecular complexity index is 939. The molecule has 0 saturated carbocycles. The van der Waals surface area contributed by atoms with Gasteiger partial charge in [-0.05, 0) is 55.7 Å². The standard InChI is InChI=1S/C22H24ClN3O2S/c1-16-5-2-3-7-20(16)28-13-14-29-22-25-24-21(17-8-10-18(23)11-9-17)26(22)15-19-6-4-12-27-19/h2-3,5,7-11,19H,4,6,12-15H2,1H3/t19-/m0/s1. The van der Waals surface area contributed by atoms with Crippen molar-refractivity contribution in [3.8, 4) is 17.1 Å². The summed E-state index contributed by atoms with van der Waals surface area (Å²) in [6.07, 6.45) is 2.38. The van der Waals surface area contributed by atoms with Crippen LogP contribution in [-0.2, 0) is 11.3 Å². The maximum Gasteiger partial charge on any atom is 0.191 e. The highest BCUT2D eigenvalue weighted by Gasteiger charge is 2.21. The summed E-state index contributed by atoms with van der Waals surface area (Å²) in [6.45, 7) is 4.25. The molecular formula is C22H24ClN3O2S. The van der Waals surface area contributed by atoms with Gasteiger partial charge in [0.1, 0.15) is 5.75 Å². The molecule has 1 aliphatic heterocycles. The molecule has 1 fully saturated rings. The first-order valence-corrected chi connectivity index (χ1v) is 11.2. The van der Waals surface area contributed by atoms with Gasteiger partial charge in [0.15, 0.2) is 11.0 Å². The van der Waals surface area contributed by atoms with Crippen molar-refractivity contribution < 1.29 is 9.47 Å². The number of thioether (sulfide) groups is 1. The highest BCUT2D eigenvalue weighted by Crippen LogP contribution is 2.27. The highest BCUT2D eigenvalue weighted by atomic mass is 35.5. The quantitative estimate of drug-likeness (QED) is 0.361. The smallest absolute Gasteiger partial charge is 0.191 e. The molecule has 0 amide bonds. The van der Waals surface area contributed by atoms with Crippen molar-refractivity contribution in [1.29, 1.82) is 0 Å². The number of halogens is 1. The van der Waals surface area contributed by atoms with Gasteiger partial charge in [-0.3, -0.25) is 4.57 Å². The van der Waals surface area contributed by atoms with Crippen molar-refractivity contribution in [2.75, 3.05) is 19.0 Å². The number of aromatic nitrogens is 3. The van der Waals surface area contributed by atoms with E-state index in [0.29, 0.717) is 11.6 Å². The number of rotatable bonds is 8. The van der Waals surface area contributed by atoms with E-state index < -0.39 is 0 Å². The van der Waals surface area contributed by atoms with Crippen molar-refractivity contribution in [1.82, 2.24) is 14.8 Å². The molecule has 2 heterocycles. The van der Waals surface area contributed by atoms with Crippen molar-refractivity contribution in [3.63, 3.8) is 0 Å². The maximum atomic E-state index is 6.05. The molecule has 4 rings (SSSR count). The molecule has 29 heavy (non-hydrogen) atoms. The summed E-state index contributed by atoms with van der Waals surface area (Å²) in [5, 5.41) is 10.5. The van der Waals surface area contributed by atoms with Gasteiger partial charge in [0.05, 0.1) is 19.3 Å². The highest BCUT2D eigenvalue weighted by molar-refractivity contribution is 7.99. The Morgan fingerprint density at radius 3 is 2.76 bits per heavy atom. The first-order chi connectivity index (χ1) is 14.2. The minimum Gasteiger partial charge on any atom is -0.492 e. The lowest BCUT2D eigenvalue weighted by atomic mass is 10.2. The van der Waals surface area contributed by atoms with Crippen LogP contribution >= 0.6 is 23.4 Å². The molecule has 1 aromatic heterocycles. The zero-order valence-corrected chi connectivity index (χ0v) is 18.0. The Labute approximate surface area is 180 Å². The molecular weight excluding hydrogens is 406 g/mol. The van der Waals surface area contributed by atoms with Crippen molar-refractivity contribution >= 4 is 23.4 Å². The van der Waals surface area contributed by atoms with E-state index in [0.717, 1.165) is 59.6 Å². The van der Waals surface area contributed by atoms with Gasteiger partial charge in [0.2, 0.25) is 0 Å². The monoisotopic (exact) mass is 429 g/mol. The van der Waals surface area contributed by atoms with E-state index in [1.807, 2.05) is 42.5 Å². The lowest BCUT2D eigenvalue weighted by molar-refractivity contribution is 0.0953. The Morgan fingerprint density at radius 2 is 2.00 bits per heavy atom. The minimum absolute atomic E-state index is 0.208. The predicted octanol–water partition coefficient (Wildman–Crippen LogP) is 5.26. The van der Waals surface area contributed by atoms with Crippen LogP contribution in [0.4, 0.5) is 0 Å². The van der Waals surface area contributed by atoms with E-state index in [4.69, 9.17) is 21.1 Å². The summed E-state index contributed by atoms with van der Waals surface area (Å²) in [7, 11) is 0. The van der Waals surface area contributed by atoms with Crippen molar-refractivity contribution in [3.05, 3.63) is 59.1 Å². The Kier molecular flexibility index (Phi) is 6.74. The van der Waals surface area contributed by atoms with Crippen LogP contribution in [-0.4, -0.2) is 39.8 Å². The van der Waals surface area contributed by atoms with Crippen LogP contribution in [0.2, 0.25) is 5.02 Å². The number of para-hydroxylation sites is 1. The molecule has 152 valence electrons. The zero-order valence-electron chi connectivity index (χ0n) is 16.4. The average molecular weight is 430 g/mol. The van der Waals surface area contributed by atoms with Crippen molar-refractivity contribution in [2.45, 2.75) is 37.6 Å². The maximum absolute atomic E-state index is 6.05. The van der Waals surface area contributed by atoms with E-state index in [1.54, 1.807) is 11.8 Å². The molecule has 0 bridgehead atoms. The van der Waals surface area contributed by atoms with E-state index >= 15 is 0 Å². The topological polar surface area (TPSA) is 49.2 Å². The summed E-state index contributed by atoms with van der Waals surface area (Å²) < 4.78 is 13.9. The summed E-state index contributed by atoms with van der Waals surface area (Å²) >= 11 is 7.70. The fourth-order valence-corrected chi connectivity index (χ4v) is 4.26. The van der Waals surface area contributed by atoms with Gasteiger partial charge in [0.25, 0.3) is 0 Å². The minimum atomic E-state index is 0.208. The third-order valence-electron chi connectivity index (χ3n) is 4.90. The number of hydrogen-bond donors (Lipinski definition) is 0. The van der Waals surface area contributed by atoms with Gasteiger partial charge in [-0.15, -0.1) is 10.2 Å². The fourth-order valence-electron chi connectivity index (χ4n) is 3.37. The van der Waals surface area contributed by atoms with Crippen LogP contribution in [0.3, 0.4) is 0 Å². The van der Waals surface area contributed by atoms with Crippen LogP contribution in [0.15, 0.2) is 53.7 Å². The molecule has 7 heteroatoms. The van der Waals surface area contributed by atoms with Crippen LogP contribution in [0.5, 0.6) is 5.75 Å². The summed E-state index contributed by atoms with van der Waals surface area (Å²) in [5.74, 6) is 2.56. The molecule has 1 atom stereocenters. The van der Waals surface area contributed by atoms with E-state index in [-0.39, 0.29) is 6.10 Å². The molecule has 0 aliphatic carbocycles. The molecule has 1 saturated heterocycles. The lowest BCUT2D eigenvalue weighted by Gasteiger charge is -2.15. The van der Waals surface area contributed by atoms with Gasteiger partial charge < -0.3 is 9.47 Å². The Balaban J connectivity index is 1.46. The Hall–Kier alpha value is -2.02. The summed E-state index contributed by atoms with van der Waals surface area (Å²) in [5.41, 5.74) is 2.15. The van der Waals surface area contributed by atoms with E-state index in [9.17, 15) is 0 Å². The molecule has 0 N–H and O–H groups in total. The number of benzene rings is 2. The van der Waals surface area contributed by atoms with Crippen molar-refractivity contribution in [2.24, 2.45) is 0 Å². The normalized spacial score (nSPS) is 16.3. The predicted molar refractivity (Wildman–Crippen MR) is 117 cm³/mol. The number of nitrogens with zero attached hydrogens (tertiary/aromatic N) is 3. The second kappa shape index (κ2) is 9.65. The molecule has 5 nitrogen and oxygen atoms in total. The van der Waals surface area contributed by atoms with Crippen LogP contribution in [0.25, 0.3) is 11.4 Å². The fraction of sp³-hybridized carbons (Fsp3) is 0.364. The average Bonchev–Trinajstić information content (AvgIpc) is 3.38. The second-order valence-electron chi connectivity index (χ2n) is 7.02. The number of hydrogen-bond acceptors (Lipinski definition) is 5. The zero-order chi connectivity index (χ0) is 20.1. The van der Waals surface area contributed by atoms with Crippen LogP contribution in [0.1, 0.15) is 18.4 Å². The summed E-state index contributed by atoms with van der Waals surface area (Å²) in [4.78, 5) is 0. The van der Waals surface area contributed by atoms with E-state index in [1.165, 1.54) is 0 Å². The third kappa shape index (κ3) is 5.13. The molecule has 0 unspecified atom stereocenters. The molecule has 1 aliphatic rings. The van der Waals surface area contributed by atoms with Gasteiger partial charge in [-0.25, -0.2) is 0 Å².